The van der Waals surface area contributed by atoms with E-state index >= 15 is 0 Å². The minimum atomic E-state index is 0.0803. The third-order valence-corrected chi connectivity index (χ3v) is 9.43. The van der Waals surface area contributed by atoms with Crippen molar-refractivity contribution in [3.63, 3.8) is 0 Å². The number of benzene rings is 4. The molecule has 4 aromatic rings. The third-order valence-electron chi connectivity index (χ3n) is 9.43. The van der Waals surface area contributed by atoms with Crippen molar-refractivity contribution in [2.24, 2.45) is 5.92 Å². The van der Waals surface area contributed by atoms with E-state index in [1.807, 2.05) is 24.3 Å². The number of anilines is 2. The van der Waals surface area contributed by atoms with Crippen LogP contribution in [-0.4, -0.2) is 0 Å². The first-order valence-corrected chi connectivity index (χ1v) is 15.8. The van der Waals surface area contributed by atoms with E-state index in [9.17, 15) is 0 Å². The number of nitrogens with two attached hydrogens (primary N) is 2. The Labute approximate surface area is 248 Å². The van der Waals surface area contributed by atoms with Gasteiger partial charge in [-0.3, -0.25) is 0 Å². The molecule has 0 heterocycles. The lowest BCUT2D eigenvalue weighted by atomic mass is 9.62. The zero-order valence-corrected chi connectivity index (χ0v) is 25.4. The molecule has 1 aliphatic carbocycles. The van der Waals surface area contributed by atoms with E-state index < -0.39 is 0 Å². The number of hydrogen-bond acceptors (Lipinski definition) is 2. The summed E-state index contributed by atoms with van der Waals surface area (Å²) in [6.45, 7) is 7.03. The average molecular weight is 545 g/mol. The van der Waals surface area contributed by atoms with Crippen LogP contribution in [0.25, 0.3) is 0 Å². The fourth-order valence-electron chi connectivity index (χ4n) is 6.91. The molecule has 0 aromatic heterocycles. The highest BCUT2D eigenvalue weighted by atomic mass is 14.5. The highest BCUT2D eigenvalue weighted by molar-refractivity contribution is 5.49. The van der Waals surface area contributed by atoms with Crippen molar-refractivity contribution in [1.82, 2.24) is 0 Å². The monoisotopic (exact) mass is 544 g/mol. The Morgan fingerprint density at radius 3 is 1.39 bits per heavy atom. The number of rotatable bonds is 10. The van der Waals surface area contributed by atoms with Gasteiger partial charge < -0.3 is 11.5 Å². The van der Waals surface area contributed by atoms with E-state index in [2.05, 4.69) is 81.4 Å². The standard InChI is InChI=1S/C39H48N2/c1-4-6-31-26-35(14-12-33(31)24-29-8-16-37(40)17-9-29)39(22-20-28(3)21-23-39)36-15-13-34(32(27-36)7-5-2)25-30-10-18-38(41)19-11-30/h8-19,26-28H,4-7,20-25,40-41H2,1-3H3. The second-order valence-corrected chi connectivity index (χ2v) is 12.6. The molecule has 0 aliphatic heterocycles. The van der Waals surface area contributed by atoms with Crippen LogP contribution in [0.5, 0.6) is 0 Å². The molecule has 0 unspecified atom stereocenters. The largest absolute Gasteiger partial charge is 0.399 e. The lowest BCUT2D eigenvalue weighted by molar-refractivity contribution is 0.280. The van der Waals surface area contributed by atoms with Crippen LogP contribution in [0.4, 0.5) is 11.4 Å². The normalized spacial score (nSPS) is 15.2. The molecule has 4 aromatic carbocycles. The number of aryl methyl sites for hydroxylation is 2. The first-order valence-electron chi connectivity index (χ1n) is 15.8. The molecule has 1 saturated carbocycles. The van der Waals surface area contributed by atoms with Gasteiger partial charge in [0, 0.05) is 16.8 Å². The van der Waals surface area contributed by atoms with Gasteiger partial charge in [-0.1, -0.05) is 94.3 Å². The van der Waals surface area contributed by atoms with Crippen LogP contribution in [-0.2, 0) is 31.1 Å². The van der Waals surface area contributed by atoms with Gasteiger partial charge >= 0.3 is 0 Å². The minimum Gasteiger partial charge on any atom is -0.399 e. The van der Waals surface area contributed by atoms with Crippen molar-refractivity contribution >= 4 is 11.4 Å². The first kappa shape index (κ1) is 29.0. The zero-order valence-electron chi connectivity index (χ0n) is 25.4. The van der Waals surface area contributed by atoms with Crippen LogP contribution in [0, 0.1) is 5.92 Å². The van der Waals surface area contributed by atoms with Gasteiger partial charge in [0.2, 0.25) is 0 Å². The molecule has 41 heavy (non-hydrogen) atoms. The van der Waals surface area contributed by atoms with Crippen molar-refractivity contribution in [1.29, 1.82) is 0 Å². The quantitative estimate of drug-likeness (QED) is 0.195. The van der Waals surface area contributed by atoms with Crippen LogP contribution in [0.3, 0.4) is 0 Å². The van der Waals surface area contributed by atoms with E-state index in [-0.39, 0.29) is 5.41 Å². The van der Waals surface area contributed by atoms with E-state index in [1.165, 1.54) is 70.2 Å². The molecule has 4 N–H and O–H groups in total. The molecule has 2 heteroatoms. The summed E-state index contributed by atoms with van der Waals surface area (Å²) < 4.78 is 0. The highest BCUT2D eigenvalue weighted by Crippen LogP contribution is 2.47. The summed E-state index contributed by atoms with van der Waals surface area (Å²) in [4.78, 5) is 0. The molecule has 214 valence electrons. The Bertz CT molecular complexity index is 1320. The van der Waals surface area contributed by atoms with Crippen molar-refractivity contribution < 1.29 is 0 Å². The maximum absolute atomic E-state index is 5.96. The molecule has 0 bridgehead atoms. The fourth-order valence-corrected chi connectivity index (χ4v) is 6.91. The van der Waals surface area contributed by atoms with Gasteiger partial charge in [0.15, 0.2) is 0 Å². The number of nitrogen functional groups attached to an aromatic ring is 2. The van der Waals surface area contributed by atoms with E-state index in [0.29, 0.717) is 0 Å². The summed E-state index contributed by atoms with van der Waals surface area (Å²) in [5, 5.41) is 0. The molecule has 0 radical (unpaired) electrons. The Morgan fingerprint density at radius 2 is 1.00 bits per heavy atom. The molecule has 0 spiro atoms. The molecule has 2 nitrogen and oxygen atoms in total. The zero-order chi connectivity index (χ0) is 28.8. The molecule has 5 rings (SSSR count). The van der Waals surface area contributed by atoms with E-state index in [0.717, 1.165) is 55.8 Å². The molecular weight excluding hydrogens is 496 g/mol. The van der Waals surface area contributed by atoms with Crippen molar-refractivity contribution in [3.8, 4) is 0 Å². The Balaban J connectivity index is 1.53. The maximum Gasteiger partial charge on any atom is 0.0314 e. The maximum atomic E-state index is 5.96. The van der Waals surface area contributed by atoms with Gasteiger partial charge in [0.05, 0.1) is 0 Å². The number of hydrogen-bond donors (Lipinski definition) is 2. The summed E-state index contributed by atoms with van der Waals surface area (Å²) in [5.74, 6) is 0.794. The predicted octanol–water partition coefficient (Wildman–Crippen LogP) is 9.43. The Hall–Kier alpha value is -3.52. The van der Waals surface area contributed by atoms with Crippen LogP contribution < -0.4 is 11.5 Å². The molecule has 1 fully saturated rings. The lowest BCUT2D eigenvalue weighted by Crippen LogP contribution is -2.33. The van der Waals surface area contributed by atoms with Gasteiger partial charge in [0.1, 0.15) is 0 Å². The summed E-state index contributed by atoms with van der Waals surface area (Å²) in [6, 6.07) is 31.7. The minimum absolute atomic E-state index is 0.0803. The van der Waals surface area contributed by atoms with Crippen molar-refractivity contribution in [2.75, 3.05) is 11.5 Å². The summed E-state index contributed by atoms with van der Waals surface area (Å²) >= 11 is 0. The lowest BCUT2D eigenvalue weighted by Gasteiger charge is -2.41. The summed E-state index contributed by atoms with van der Waals surface area (Å²) in [5.41, 5.74) is 25.2. The smallest absolute Gasteiger partial charge is 0.0314 e. The molecule has 0 atom stereocenters. The van der Waals surface area contributed by atoms with Crippen LogP contribution >= 0.6 is 0 Å². The van der Waals surface area contributed by atoms with Gasteiger partial charge in [-0.25, -0.2) is 0 Å². The summed E-state index contributed by atoms with van der Waals surface area (Å²) in [6.07, 6.45) is 11.5. The van der Waals surface area contributed by atoms with Crippen molar-refractivity contribution in [2.45, 2.75) is 90.4 Å². The SMILES string of the molecule is CCCc1cc(C2(c3ccc(Cc4ccc(N)cc4)c(CCC)c3)CCC(C)CC2)ccc1Cc1ccc(N)cc1. The average Bonchev–Trinajstić information content (AvgIpc) is 2.98. The van der Waals surface area contributed by atoms with E-state index in [1.54, 1.807) is 0 Å². The van der Waals surface area contributed by atoms with Crippen LogP contribution in [0.15, 0.2) is 84.9 Å². The third kappa shape index (κ3) is 6.70. The predicted molar refractivity (Wildman–Crippen MR) is 177 cm³/mol. The molecule has 0 saturated heterocycles. The Morgan fingerprint density at radius 1 is 0.585 bits per heavy atom. The highest BCUT2D eigenvalue weighted by Gasteiger charge is 2.38. The topological polar surface area (TPSA) is 52.0 Å². The van der Waals surface area contributed by atoms with Gasteiger partial charge in [-0.05, 0) is 126 Å². The summed E-state index contributed by atoms with van der Waals surface area (Å²) in [7, 11) is 0. The Kier molecular flexibility index (Phi) is 9.18. The van der Waals surface area contributed by atoms with E-state index in [4.69, 9.17) is 11.5 Å². The second-order valence-electron chi connectivity index (χ2n) is 12.6. The second kappa shape index (κ2) is 13.0. The molecule has 1 aliphatic rings. The van der Waals surface area contributed by atoms with Crippen molar-refractivity contribution in [3.05, 3.63) is 129 Å². The van der Waals surface area contributed by atoms with Crippen LogP contribution in [0.2, 0.25) is 0 Å². The first-order chi connectivity index (χ1) is 19.9. The van der Waals surface area contributed by atoms with Crippen LogP contribution in [0.1, 0.15) is 104 Å². The molecular formula is C39H48N2. The van der Waals surface area contributed by atoms with Gasteiger partial charge in [-0.15, -0.1) is 0 Å². The fraction of sp³-hybridized carbons (Fsp3) is 0.385. The van der Waals surface area contributed by atoms with Gasteiger partial charge in [0.25, 0.3) is 0 Å². The molecule has 0 amide bonds. The van der Waals surface area contributed by atoms with Gasteiger partial charge in [-0.2, -0.15) is 0 Å².